The Morgan fingerprint density at radius 3 is 2.61 bits per heavy atom. The van der Waals surface area contributed by atoms with E-state index in [9.17, 15) is 13.2 Å². The van der Waals surface area contributed by atoms with Gasteiger partial charge in [0.25, 0.3) is 15.9 Å². The molecule has 0 spiro atoms. The monoisotopic (exact) mass is 444 g/mol. The number of carboxylic acid groups (broad SMARTS) is 1. The van der Waals surface area contributed by atoms with Crippen LogP contribution < -0.4 is 14.2 Å². The Hall–Kier alpha value is -3.73. The first-order valence-corrected chi connectivity index (χ1v) is 10.5. The van der Waals surface area contributed by atoms with Gasteiger partial charge in [-0.1, -0.05) is 18.2 Å². The molecule has 0 amide bonds. The number of sulfonamides is 1. The van der Waals surface area contributed by atoms with Crippen molar-refractivity contribution in [2.75, 3.05) is 11.8 Å². The number of aromatic nitrogens is 3. The summed E-state index contributed by atoms with van der Waals surface area (Å²) in [6.07, 6.45) is 2.88. The zero-order valence-electron chi connectivity index (χ0n) is 16.9. The average molecular weight is 444 g/mol. The molecule has 0 radical (unpaired) electrons. The topological polar surface area (TPSA) is 141 Å². The number of carboxylic acids is 1. The third kappa shape index (κ3) is 4.89. The molecule has 3 aromatic rings. The zero-order valence-corrected chi connectivity index (χ0v) is 17.8. The summed E-state index contributed by atoms with van der Waals surface area (Å²) in [5, 5.41) is 9.16. The van der Waals surface area contributed by atoms with Crippen molar-refractivity contribution < 1.29 is 27.8 Å². The first kappa shape index (κ1) is 22.0. The van der Waals surface area contributed by atoms with Crippen LogP contribution in [0.3, 0.4) is 0 Å². The Morgan fingerprint density at radius 2 is 1.90 bits per heavy atom. The van der Waals surface area contributed by atoms with Crippen LogP contribution in [0.4, 0.5) is 5.82 Å². The Labute approximate surface area is 179 Å². The first-order valence-electron chi connectivity index (χ1n) is 9.06. The van der Waals surface area contributed by atoms with Crippen molar-refractivity contribution in [1.82, 2.24) is 15.0 Å². The van der Waals surface area contributed by atoms with Crippen molar-refractivity contribution in [2.24, 2.45) is 0 Å². The van der Waals surface area contributed by atoms with Crippen LogP contribution in [0.5, 0.6) is 11.6 Å². The lowest BCUT2D eigenvalue weighted by atomic mass is 10.1. The van der Waals surface area contributed by atoms with E-state index in [4.69, 9.17) is 14.6 Å². The van der Waals surface area contributed by atoms with Gasteiger partial charge in [0.1, 0.15) is 10.6 Å². The Morgan fingerprint density at radius 1 is 1.16 bits per heavy atom. The van der Waals surface area contributed by atoms with E-state index >= 15 is 0 Å². The van der Waals surface area contributed by atoms with Crippen molar-refractivity contribution >= 4 is 21.8 Å². The molecule has 162 valence electrons. The number of carbonyl (C=O) groups is 1. The predicted octanol–water partition coefficient (Wildman–Crippen LogP) is 2.51. The summed E-state index contributed by atoms with van der Waals surface area (Å²) in [6.45, 7) is 3.08. The SMILES string of the molecule is COc1nc(C)cnc1NS(=O)(=O)c1cnccc1-c1ccccc1OC(C)C(=O)O. The molecule has 2 heterocycles. The predicted molar refractivity (Wildman–Crippen MR) is 112 cm³/mol. The molecule has 3 rings (SSSR count). The van der Waals surface area contributed by atoms with Gasteiger partial charge in [-0.15, -0.1) is 0 Å². The zero-order chi connectivity index (χ0) is 22.6. The quantitative estimate of drug-likeness (QED) is 0.536. The van der Waals surface area contributed by atoms with Gasteiger partial charge in [-0.2, -0.15) is 0 Å². The van der Waals surface area contributed by atoms with Crippen LogP contribution in [0.2, 0.25) is 0 Å². The maximum Gasteiger partial charge on any atom is 0.344 e. The minimum Gasteiger partial charge on any atom is -0.479 e. The van der Waals surface area contributed by atoms with Crippen molar-refractivity contribution in [3.8, 4) is 22.8 Å². The number of anilines is 1. The number of benzene rings is 1. The highest BCUT2D eigenvalue weighted by molar-refractivity contribution is 7.92. The number of rotatable bonds is 8. The van der Waals surface area contributed by atoms with Crippen molar-refractivity contribution in [3.63, 3.8) is 0 Å². The first-order chi connectivity index (χ1) is 14.7. The van der Waals surface area contributed by atoms with Crippen LogP contribution in [-0.2, 0) is 14.8 Å². The molecule has 0 saturated heterocycles. The maximum atomic E-state index is 13.2. The molecule has 10 nitrogen and oxygen atoms in total. The number of hydrogen-bond donors (Lipinski definition) is 2. The van der Waals surface area contributed by atoms with Gasteiger partial charge in [0, 0.05) is 23.5 Å². The third-order valence-corrected chi connectivity index (χ3v) is 5.55. The number of aliphatic carboxylic acids is 1. The molecule has 11 heteroatoms. The smallest absolute Gasteiger partial charge is 0.344 e. The van der Waals surface area contributed by atoms with Crippen LogP contribution >= 0.6 is 0 Å². The van der Waals surface area contributed by atoms with Crippen molar-refractivity contribution in [1.29, 1.82) is 0 Å². The van der Waals surface area contributed by atoms with E-state index in [0.717, 1.165) is 0 Å². The number of nitrogens with zero attached hydrogens (tertiary/aromatic N) is 3. The number of methoxy groups -OCH3 is 1. The fourth-order valence-electron chi connectivity index (χ4n) is 2.70. The van der Waals surface area contributed by atoms with E-state index in [2.05, 4.69) is 19.7 Å². The lowest BCUT2D eigenvalue weighted by molar-refractivity contribution is -0.144. The lowest BCUT2D eigenvalue weighted by Gasteiger charge is -2.17. The molecule has 0 bridgehead atoms. The Bertz CT molecular complexity index is 1220. The number of ether oxygens (including phenoxy) is 2. The fraction of sp³-hybridized carbons (Fsp3) is 0.200. The highest BCUT2D eigenvalue weighted by Gasteiger charge is 2.25. The Balaban J connectivity index is 2.06. The fourth-order valence-corrected chi connectivity index (χ4v) is 3.87. The van der Waals surface area contributed by atoms with Gasteiger partial charge in [0.05, 0.1) is 19.0 Å². The summed E-state index contributed by atoms with van der Waals surface area (Å²) in [5.74, 6) is -0.989. The number of nitrogens with one attached hydrogen (secondary N) is 1. The van der Waals surface area contributed by atoms with Crippen LogP contribution in [0.1, 0.15) is 12.6 Å². The van der Waals surface area contributed by atoms with Gasteiger partial charge in [-0.05, 0) is 26.0 Å². The molecule has 2 aromatic heterocycles. The number of para-hydroxylation sites is 1. The Kier molecular flexibility index (Phi) is 6.35. The van der Waals surface area contributed by atoms with Gasteiger partial charge in [0.2, 0.25) is 5.82 Å². The van der Waals surface area contributed by atoms with Gasteiger partial charge < -0.3 is 14.6 Å². The molecular weight excluding hydrogens is 424 g/mol. The molecule has 2 N–H and O–H groups in total. The third-order valence-electron chi connectivity index (χ3n) is 4.19. The summed E-state index contributed by atoms with van der Waals surface area (Å²) in [6, 6.07) is 8.04. The summed E-state index contributed by atoms with van der Waals surface area (Å²) in [4.78, 5) is 23.1. The normalized spacial score (nSPS) is 12.1. The second-order valence-electron chi connectivity index (χ2n) is 6.44. The number of hydrogen-bond acceptors (Lipinski definition) is 8. The van der Waals surface area contributed by atoms with E-state index < -0.39 is 22.1 Å². The minimum absolute atomic E-state index is 0.0213. The minimum atomic E-state index is -4.17. The highest BCUT2D eigenvalue weighted by atomic mass is 32.2. The van der Waals surface area contributed by atoms with E-state index in [0.29, 0.717) is 11.3 Å². The largest absolute Gasteiger partial charge is 0.479 e. The molecule has 1 atom stereocenters. The van der Waals surface area contributed by atoms with Crippen molar-refractivity contribution in [2.45, 2.75) is 24.8 Å². The molecule has 1 unspecified atom stereocenters. The van der Waals surface area contributed by atoms with Crippen LogP contribution in [0, 0.1) is 6.92 Å². The van der Waals surface area contributed by atoms with E-state index in [1.54, 1.807) is 31.2 Å². The molecule has 0 fully saturated rings. The van der Waals surface area contributed by atoms with E-state index in [1.165, 1.54) is 38.7 Å². The summed E-state index contributed by atoms with van der Waals surface area (Å²) in [7, 11) is -2.81. The van der Waals surface area contributed by atoms with Crippen LogP contribution in [0.15, 0.2) is 53.8 Å². The van der Waals surface area contributed by atoms with Crippen LogP contribution in [-0.4, -0.2) is 47.7 Å². The van der Waals surface area contributed by atoms with Crippen molar-refractivity contribution in [3.05, 3.63) is 54.6 Å². The number of pyridine rings is 1. The molecule has 1 aromatic carbocycles. The molecule has 0 saturated carbocycles. The number of aryl methyl sites for hydroxylation is 1. The van der Waals surface area contributed by atoms with E-state index in [1.807, 2.05) is 0 Å². The molecular formula is C20H20N4O6S. The van der Waals surface area contributed by atoms with Gasteiger partial charge in [0.15, 0.2) is 6.10 Å². The second kappa shape index (κ2) is 8.96. The highest BCUT2D eigenvalue weighted by Crippen LogP contribution is 2.35. The molecule has 0 aliphatic carbocycles. The average Bonchev–Trinajstić information content (AvgIpc) is 2.75. The van der Waals surface area contributed by atoms with Gasteiger partial charge in [-0.3, -0.25) is 9.71 Å². The van der Waals surface area contributed by atoms with Gasteiger partial charge in [-0.25, -0.2) is 23.2 Å². The molecule has 31 heavy (non-hydrogen) atoms. The summed E-state index contributed by atoms with van der Waals surface area (Å²) < 4.78 is 39.4. The van der Waals surface area contributed by atoms with Gasteiger partial charge >= 0.3 is 5.97 Å². The summed E-state index contributed by atoms with van der Waals surface area (Å²) in [5.41, 5.74) is 1.22. The maximum absolute atomic E-state index is 13.2. The second-order valence-corrected chi connectivity index (χ2v) is 8.09. The van der Waals surface area contributed by atoms with E-state index in [-0.39, 0.29) is 27.9 Å². The molecule has 0 aliphatic heterocycles. The lowest BCUT2D eigenvalue weighted by Crippen LogP contribution is -2.23. The standard InChI is InChI=1S/C20H20N4O6S/c1-12-10-22-18(19(23-12)29-3)24-31(27,28)17-11-21-9-8-15(17)14-6-4-5-7-16(14)30-13(2)20(25)26/h4-11,13H,1-3H3,(H,22,24)(H,25,26). The molecule has 0 aliphatic rings. The van der Waals surface area contributed by atoms with Crippen LogP contribution in [0.25, 0.3) is 11.1 Å². The summed E-state index contributed by atoms with van der Waals surface area (Å²) >= 11 is 0.